The Bertz CT molecular complexity index is 244. The van der Waals surface area contributed by atoms with E-state index in [1.54, 1.807) is 0 Å². The molecule has 0 amide bonds. The van der Waals surface area contributed by atoms with Crippen LogP contribution < -0.4 is 0 Å². The van der Waals surface area contributed by atoms with Gasteiger partial charge in [0.2, 0.25) is 0 Å². The van der Waals surface area contributed by atoms with Crippen LogP contribution in [0.3, 0.4) is 0 Å². The third-order valence-electron chi connectivity index (χ3n) is 3.80. The van der Waals surface area contributed by atoms with Crippen molar-refractivity contribution < 1.29 is 14.4 Å². The van der Waals surface area contributed by atoms with E-state index in [0.29, 0.717) is 6.42 Å². The first-order valence-electron chi connectivity index (χ1n) is 8.61. The molecule has 0 aromatic heterocycles. The van der Waals surface area contributed by atoms with Crippen molar-refractivity contribution in [2.24, 2.45) is 0 Å². The summed E-state index contributed by atoms with van der Waals surface area (Å²) in [5.41, 5.74) is 0. The fourth-order valence-corrected chi connectivity index (χ4v) is 3.15. The molecule has 21 heavy (non-hydrogen) atoms. The van der Waals surface area contributed by atoms with E-state index in [9.17, 15) is 4.57 Å². The first kappa shape index (κ1) is 25.0. The standard InChI is InChI=1S/C16H35O3P.K.H/c1-2-3-4-5-6-7-8-9-10-11-12-13-14-15-16-20(17,18)19;;/h2-16H2,1H3,(H2,17,18,19);;. The van der Waals surface area contributed by atoms with Crippen molar-refractivity contribution in [2.45, 2.75) is 96.8 Å². The van der Waals surface area contributed by atoms with Gasteiger partial charge in [0.1, 0.15) is 0 Å². The Morgan fingerprint density at radius 1 is 0.619 bits per heavy atom. The quantitative estimate of drug-likeness (QED) is 0.249. The molecule has 0 saturated heterocycles. The number of rotatable bonds is 15. The van der Waals surface area contributed by atoms with E-state index >= 15 is 0 Å². The number of hydrogen-bond donors (Lipinski definition) is 2. The van der Waals surface area contributed by atoms with Crippen molar-refractivity contribution in [3.63, 3.8) is 0 Å². The van der Waals surface area contributed by atoms with Crippen molar-refractivity contribution in [2.75, 3.05) is 6.16 Å². The zero-order valence-electron chi connectivity index (χ0n) is 13.4. The first-order valence-corrected chi connectivity index (χ1v) is 10.4. The molecule has 0 aromatic carbocycles. The van der Waals surface area contributed by atoms with E-state index < -0.39 is 7.60 Å². The van der Waals surface area contributed by atoms with Crippen LogP contribution in [-0.2, 0) is 4.57 Å². The van der Waals surface area contributed by atoms with Gasteiger partial charge in [-0.2, -0.15) is 0 Å². The molecule has 0 spiro atoms. The molecule has 0 bridgehead atoms. The summed E-state index contributed by atoms with van der Waals surface area (Å²) >= 11 is 0. The summed E-state index contributed by atoms with van der Waals surface area (Å²) in [6.07, 6.45) is 17.7. The Hall–Kier alpha value is 1.79. The molecule has 0 aliphatic rings. The van der Waals surface area contributed by atoms with Gasteiger partial charge in [-0.15, -0.1) is 0 Å². The summed E-state index contributed by atoms with van der Waals surface area (Å²) in [4.78, 5) is 17.4. The maximum absolute atomic E-state index is 10.6. The Labute approximate surface area is 174 Å². The van der Waals surface area contributed by atoms with Crippen LogP contribution >= 0.6 is 7.60 Å². The van der Waals surface area contributed by atoms with Crippen LogP contribution in [0.4, 0.5) is 0 Å². The van der Waals surface area contributed by atoms with Crippen molar-refractivity contribution in [1.29, 1.82) is 0 Å². The zero-order valence-corrected chi connectivity index (χ0v) is 14.3. The third kappa shape index (κ3) is 24.2. The second-order valence-electron chi connectivity index (χ2n) is 5.98. The van der Waals surface area contributed by atoms with Crippen LogP contribution in [0.2, 0.25) is 0 Å². The van der Waals surface area contributed by atoms with Gasteiger partial charge in [-0.3, -0.25) is 4.57 Å². The summed E-state index contributed by atoms with van der Waals surface area (Å²) in [6.45, 7) is 2.26. The van der Waals surface area contributed by atoms with Gasteiger partial charge in [0.05, 0.1) is 0 Å². The molecular formula is C16H36KO3P. The Kier molecular flexibility index (Phi) is 21.6. The van der Waals surface area contributed by atoms with Crippen molar-refractivity contribution >= 4 is 59.0 Å². The van der Waals surface area contributed by atoms with Gasteiger partial charge in [0.25, 0.3) is 0 Å². The topological polar surface area (TPSA) is 57.5 Å². The summed E-state index contributed by atoms with van der Waals surface area (Å²) in [5.74, 6) is 0. The van der Waals surface area contributed by atoms with Gasteiger partial charge in [0, 0.05) is 6.16 Å². The molecule has 0 saturated carbocycles. The molecule has 0 fully saturated rings. The Balaban J connectivity index is 0. The van der Waals surface area contributed by atoms with Crippen LogP contribution in [0.5, 0.6) is 0 Å². The van der Waals surface area contributed by atoms with Gasteiger partial charge in [-0.25, -0.2) is 0 Å². The van der Waals surface area contributed by atoms with Crippen LogP contribution in [0.25, 0.3) is 0 Å². The fourth-order valence-electron chi connectivity index (χ4n) is 2.51. The predicted octanol–water partition coefficient (Wildman–Crippen LogP) is 5.00. The van der Waals surface area contributed by atoms with E-state index in [1.165, 1.54) is 70.6 Å². The molecule has 2 N–H and O–H groups in total. The minimum atomic E-state index is -3.75. The van der Waals surface area contributed by atoms with Gasteiger partial charge in [-0.1, -0.05) is 90.4 Å². The molecule has 0 aromatic rings. The Morgan fingerprint density at radius 2 is 0.905 bits per heavy atom. The van der Waals surface area contributed by atoms with E-state index in [2.05, 4.69) is 6.92 Å². The maximum atomic E-state index is 10.6. The molecule has 0 unspecified atom stereocenters. The monoisotopic (exact) mass is 346 g/mol. The summed E-state index contributed by atoms with van der Waals surface area (Å²) in [5, 5.41) is 0. The zero-order chi connectivity index (χ0) is 15.1. The Morgan fingerprint density at radius 3 is 1.19 bits per heavy atom. The van der Waals surface area contributed by atoms with E-state index in [4.69, 9.17) is 9.79 Å². The molecule has 0 heterocycles. The second kappa shape index (κ2) is 18.1. The molecule has 124 valence electrons. The van der Waals surface area contributed by atoms with Gasteiger partial charge in [-0.05, 0) is 6.42 Å². The summed E-state index contributed by atoms with van der Waals surface area (Å²) in [6, 6.07) is 0. The predicted molar refractivity (Wildman–Crippen MR) is 94.4 cm³/mol. The van der Waals surface area contributed by atoms with Crippen molar-refractivity contribution in [1.82, 2.24) is 0 Å². The molecule has 0 aliphatic heterocycles. The molecule has 0 rings (SSSR count). The van der Waals surface area contributed by atoms with E-state index in [0.717, 1.165) is 12.8 Å². The number of hydrogen-bond acceptors (Lipinski definition) is 1. The average molecular weight is 347 g/mol. The number of unbranched alkanes of at least 4 members (excludes halogenated alkanes) is 13. The minimum absolute atomic E-state index is 0. The fraction of sp³-hybridized carbons (Fsp3) is 1.00. The second-order valence-corrected chi connectivity index (χ2v) is 7.76. The molecule has 0 radical (unpaired) electrons. The summed E-state index contributed by atoms with van der Waals surface area (Å²) in [7, 11) is -3.75. The molecule has 3 nitrogen and oxygen atoms in total. The first-order chi connectivity index (χ1) is 9.56. The van der Waals surface area contributed by atoms with Crippen molar-refractivity contribution in [3.8, 4) is 0 Å². The van der Waals surface area contributed by atoms with Crippen LogP contribution in [0.15, 0.2) is 0 Å². The van der Waals surface area contributed by atoms with Crippen LogP contribution in [0, 0.1) is 0 Å². The van der Waals surface area contributed by atoms with Gasteiger partial charge in [0.15, 0.2) is 0 Å². The van der Waals surface area contributed by atoms with Crippen molar-refractivity contribution in [3.05, 3.63) is 0 Å². The van der Waals surface area contributed by atoms with Crippen LogP contribution in [0.1, 0.15) is 96.8 Å². The SMILES string of the molecule is CCCCCCCCCCCCCCCCP(=O)(O)O.[KH]. The van der Waals surface area contributed by atoms with E-state index in [-0.39, 0.29) is 57.5 Å². The van der Waals surface area contributed by atoms with Crippen LogP contribution in [-0.4, -0.2) is 67.3 Å². The normalized spacial score (nSPS) is 11.4. The molecule has 0 aliphatic carbocycles. The van der Waals surface area contributed by atoms with Gasteiger partial charge >= 0.3 is 59.0 Å². The summed E-state index contributed by atoms with van der Waals surface area (Å²) < 4.78 is 10.6. The average Bonchev–Trinajstić information content (AvgIpc) is 2.38. The molecular weight excluding hydrogens is 310 g/mol. The third-order valence-corrected chi connectivity index (χ3v) is 4.70. The molecule has 5 heteroatoms. The van der Waals surface area contributed by atoms with E-state index in [1.807, 2.05) is 0 Å². The molecule has 0 atom stereocenters. The van der Waals surface area contributed by atoms with Gasteiger partial charge < -0.3 is 9.79 Å².